The Morgan fingerprint density at radius 2 is 1.74 bits per heavy atom. The van der Waals surface area contributed by atoms with E-state index in [1.807, 2.05) is 32.0 Å². The van der Waals surface area contributed by atoms with E-state index in [1.165, 1.54) is 23.8 Å². The molecule has 0 spiro atoms. The van der Waals surface area contributed by atoms with Crippen LogP contribution in [0.2, 0.25) is 0 Å². The van der Waals surface area contributed by atoms with Gasteiger partial charge in [0.05, 0.1) is 17.7 Å². The molecule has 0 amide bonds. The second-order valence-corrected chi connectivity index (χ2v) is 6.24. The first-order valence-corrected chi connectivity index (χ1v) is 8.77. The average molecular weight is 309 g/mol. The lowest BCUT2D eigenvalue weighted by atomic mass is 9.89. The summed E-state index contributed by atoms with van der Waals surface area (Å²) >= 11 is 0. The number of nitrogens with zero attached hydrogens (tertiary/aromatic N) is 1. The predicted octanol–water partition coefficient (Wildman–Crippen LogP) is 6.00. The van der Waals surface area contributed by atoms with Gasteiger partial charge in [-0.25, -0.2) is 0 Å². The highest BCUT2D eigenvalue weighted by atomic mass is 16.5. The molecule has 2 heteroatoms. The molecule has 0 atom stereocenters. The lowest BCUT2D eigenvalue weighted by Gasteiger charge is -2.27. The standard InChI is InChI=1S/C19H21NO.C2H6/c1-13-3-7-17(8-4-13)21-19-10-6-16-11-15(12-20)5-9-18(16)14(19)2;1-2/h5-6,9-11,13,17H,3-4,7-8H2,1-2H3;1-2H3. The molecule has 0 radical (unpaired) electrons. The van der Waals surface area contributed by atoms with Crippen molar-refractivity contribution in [3.8, 4) is 11.8 Å². The summed E-state index contributed by atoms with van der Waals surface area (Å²) in [6, 6.07) is 12.1. The summed E-state index contributed by atoms with van der Waals surface area (Å²) in [5.74, 6) is 1.83. The molecule has 23 heavy (non-hydrogen) atoms. The largest absolute Gasteiger partial charge is 0.490 e. The Kier molecular flexibility index (Phi) is 6.04. The number of rotatable bonds is 2. The van der Waals surface area contributed by atoms with E-state index in [-0.39, 0.29) is 0 Å². The molecule has 0 saturated heterocycles. The number of aryl methyl sites for hydroxylation is 1. The van der Waals surface area contributed by atoms with Gasteiger partial charge in [-0.1, -0.05) is 32.9 Å². The summed E-state index contributed by atoms with van der Waals surface area (Å²) in [6.45, 7) is 8.43. The van der Waals surface area contributed by atoms with Crippen molar-refractivity contribution >= 4 is 10.8 Å². The molecule has 2 aromatic carbocycles. The minimum absolute atomic E-state index is 0.357. The Morgan fingerprint density at radius 1 is 1.04 bits per heavy atom. The molecule has 1 saturated carbocycles. The van der Waals surface area contributed by atoms with Crippen LogP contribution in [-0.4, -0.2) is 6.10 Å². The van der Waals surface area contributed by atoms with Crippen molar-refractivity contribution in [1.29, 1.82) is 5.26 Å². The van der Waals surface area contributed by atoms with E-state index in [0.717, 1.165) is 29.9 Å². The summed E-state index contributed by atoms with van der Waals surface area (Å²) in [6.07, 6.45) is 5.21. The molecule has 2 nitrogen and oxygen atoms in total. The Bertz CT molecular complexity index is 691. The number of nitriles is 1. The van der Waals surface area contributed by atoms with Crippen LogP contribution in [0.15, 0.2) is 30.3 Å². The second-order valence-electron chi connectivity index (χ2n) is 6.24. The maximum atomic E-state index is 8.98. The van der Waals surface area contributed by atoms with E-state index in [1.54, 1.807) is 0 Å². The van der Waals surface area contributed by atoms with E-state index in [9.17, 15) is 0 Å². The molecule has 0 aliphatic heterocycles. The van der Waals surface area contributed by atoms with Crippen LogP contribution in [-0.2, 0) is 0 Å². The SMILES string of the molecule is CC.Cc1c(OC2CCC(C)CC2)ccc2cc(C#N)ccc12. The first-order valence-electron chi connectivity index (χ1n) is 8.77. The van der Waals surface area contributed by atoms with E-state index in [4.69, 9.17) is 10.00 Å². The summed E-state index contributed by atoms with van der Waals surface area (Å²) in [5, 5.41) is 11.3. The predicted molar refractivity (Wildman–Crippen MR) is 96.8 cm³/mol. The molecule has 1 fully saturated rings. The highest BCUT2D eigenvalue weighted by molar-refractivity contribution is 5.88. The minimum atomic E-state index is 0.357. The number of fused-ring (bicyclic) bond motifs is 1. The van der Waals surface area contributed by atoms with Crippen LogP contribution < -0.4 is 4.74 Å². The van der Waals surface area contributed by atoms with Crippen LogP contribution in [0.1, 0.15) is 57.6 Å². The van der Waals surface area contributed by atoms with Gasteiger partial charge >= 0.3 is 0 Å². The van der Waals surface area contributed by atoms with Crippen LogP contribution in [0.4, 0.5) is 0 Å². The van der Waals surface area contributed by atoms with Gasteiger partial charge in [0, 0.05) is 0 Å². The van der Waals surface area contributed by atoms with Gasteiger partial charge in [-0.15, -0.1) is 0 Å². The van der Waals surface area contributed by atoms with Gasteiger partial charge in [-0.2, -0.15) is 5.26 Å². The van der Waals surface area contributed by atoms with Crippen LogP contribution in [0.5, 0.6) is 5.75 Å². The quantitative estimate of drug-likeness (QED) is 0.681. The van der Waals surface area contributed by atoms with E-state index >= 15 is 0 Å². The number of ether oxygens (including phenoxy) is 1. The van der Waals surface area contributed by atoms with E-state index < -0.39 is 0 Å². The summed E-state index contributed by atoms with van der Waals surface area (Å²) < 4.78 is 6.23. The van der Waals surface area contributed by atoms with Gasteiger partial charge in [0.2, 0.25) is 0 Å². The highest BCUT2D eigenvalue weighted by Gasteiger charge is 2.20. The third kappa shape index (κ3) is 4.05. The van der Waals surface area contributed by atoms with Gasteiger partial charge in [0.1, 0.15) is 5.75 Å². The summed E-state index contributed by atoms with van der Waals surface area (Å²) in [7, 11) is 0. The molecule has 0 heterocycles. The number of hydrogen-bond donors (Lipinski definition) is 0. The molecule has 3 rings (SSSR count). The molecule has 1 aliphatic carbocycles. The van der Waals surface area contributed by atoms with Gasteiger partial charge in [0.15, 0.2) is 0 Å². The normalized spacial score (nSPS) is 20.3. The number of benzene rings is 2. The fourth-order valence-corrected chi connectivity index (χ4v) is 3.19. The molecular weight excluding hydrogens is 282 g/mol. The van der Waals surface area contributed by atoms with Crippen molar-refractivity contribution < 1.29 is 4.74 Å². The van der Waals surface area contributed by atoms with Crippen molar-refractivity contribution in [3.05, 3.63) is 41.5 Å². The second kappa shape index (κ2) is 8.02. The van der Waals surface area contributed by atoms with Crippen molar-refractivity contribution in [2.45, 2.75) is 59.5 Å². The maximum Gasteiger partial charge on any atom is 0.123 e. The molecule has 0 N–H and O–H groups in total. The van der Waals surface area contributed by atoms with Crippen LogP contribution in [0, 0.1) is 24.2 Å². The van der Waals surface area contributed by atoms with Gasteiger partial charge < -0.3 is 4.74 Å². The molecule has 122 valence electrons. The fraction of sp³-hybridized carbons (Fsp3) is 0.476. The fourth-order valence-electron chi connectivity index (χ4n) is 3.19. The van der Waals surface area contributed by atoms with Crippen molar-refractivity contribution in [3.63, 3.8) is 0 Å². The lowest BCUT2D eigenvalue weighted by Crippen LogP contribution is -2.23. The third-order valence-electron chi connectivity index (χ3n) is 4.63. The van der Waals surface area contributed by atoms with E-state index in [2.05, 4.69) is 32.0 Å². The molecular formula is C21H27NO. The molecule has 1 aliphatic rings. The minimum Gasteiger partial charge on any atom is -0.490 e. The van der Waals surface area contributed by atoms with Crippen LogP contribution in [0.25, 0.3) is 10.8 Å². The Balaban J connectivity index is 0.000000924. The summed E-state index contributed by atoms with van der Waals surface area (Å²) in [4.78, 5) is 0. The van der Waals surface area contributed by atoms with Crippen molar-refractivity contribution in [2.75, 3.05) is 0 Å². The zero-order valence-electron chi connectivity index (χ0n) is 14.7. The first kappa shape index (κ1) is 17.3. The molecule has 0 unspecified atom stereocenters. The topological polar surface area (TPSA) is 33.0 Å². The Labute approximate surface area is 140 Å². The number of hydrogen-bond acceptors (Lipinski definition) is 2. The highest BCUT2D eigenvalue weighted by Crippen LogP contribution is 2.32. The average Bonchev–Trinajstić information content (AvgIpc) is 2.60. The molecule has 0 aromatic heterocycles. The van der Waals surface area contributed by atoms with E-state index in [0.29, 0.717) is 11.7 Å². The van der Waals surface area contributed by atoms with Gasteiger partial charge in [-0.05, 0) is 73.1 Å². The molecule has 2 aromatic rings. The van der Waals surface area contributed by atoms with Gasteiger partial charge in [-0.3, -0.25) is 0 Å². The Morgan fingerprint density at radius 3 is 2.39 bits per heavy atom. The summed E-state index contributed by atoms with van der Waals surface area (Å²) in [5.41, 5.74) is 1.88. The zero-order chi connectivity index (χ0) is 16.8. The Hall–Kier alpha value is -2.01. The zero-order valence-corrected chi connectivity index (χ0v) is 14.7. The van der Waals surface area contributed by atoms with Gasteiger partial charge in [0.25, 0.3) is 0 Å². The monoisotopic (exact) mass is 309 g/mol. The smallest absolute Gasteiger partial charge is 0.123 e. The third-order valence-corrected chi connectivity index (χ3v) is 4.63. The lowest BCUT2D eigenvalue weighted by molar-refractivity contribution is 0.135. The first-order chi connectivity index (χ1) is 11.2. The maximum absolute atomic E-state index is 8.98. The van der Waals surface area contributed by atoms with Crippen molar-refractivity contribution in [2.24, 2.45) is 5.92 Å². The molecule has 0 bridgehead atoms. The van der Waals surface area contributed by atoms with Crippen LogP contribution >= 0.6 is 0 Å². The van der Waals surface area contributed by atoms with Crippen molar-refractivity contribution in [1.82, 2.24) is 0 Å². The van der Waals surface area contributed by atoms with Crippen LogP contribution in [0.3, 0.4) is 0 Å².